The second-order valence-electron chi connectivity index (χ2n) is 6.77. The van der Waals surface area contributed by atoms with Crippen molar-refractivity contribution in [2.45, 2.75) is 9.79 Å². The van der Waals surface area contributed by atoms with Crippen molar-refractivity contribution >= 4 is 26.4 Å². The van der Waals surface area contributed by atoms with Gasteiger partial charge in [0.1, 0.15) is 5.82 Å². The van der Waals surface area contributed by atoms with E-state index in [1.54, 1.807) is 6.07 Å². The number of aromatic nitrogens is 1. The van der Waals surface area contributed by atoms with Gasteiger partial charge >= 0.3 is 0 Å². The summed E-state index contributed by atoms with van der Waals surface area (Å²) in [6, 6.07) is 12.4. The number of piperazine rings is 1. The number of hydrogen-bond donors (Lipinski definition) is 0. The normalized spacial score (nSPS) is 16.0. The Bertz CT molecular complexity index is 1090. The molecule has 0 N–H and O–H groups in total. The predicted molar refractivity (Wildman–Crippen MR) is 103 cm³/mol. The number of nitrogens with zero attached hydrogens (tertiary/aromatic N) is 3. The molecule has 0 bridgehead atoms. The zero-order valence-corrected chi connectivity index (χ0v) is 15.8. The highest BCUT2D eigenvalue weighted by atomic mass is 32.2. The molecule has 1 fully saturated rings. The van der Waals surface area contributed by atoms with E-state index in [0.29, 0.717) is 0 Å². The van der Waals surface area contributed by atoms with Gasteiger partial charge in [-0.15, -0.1) is 0 Å². The van der Waals surface area contributed by atoms with Gasteiger partial charge in [-0.1, -0.05) is 18.2 Å². The lowest BCUT2D eigenvalue weighted by atomic mass is 10.1. The Labute approximate surface area is 158 Å². The third kappa shape index (κ3) is 3.40. The average Bonchev–Trinajstić information content (AvgIpc) is 2.68. The lowest BCUT2D eigenvalue weighted by molar-refractivity contribution is 0.313. The first-order chi connectivity index (χ1) is 12.9. The molecule has 0 aliphatic carbocycles. The molecule has 0 saturated carbocycles. The first-order valence-electron chi connectivity index (χ1n) is 8.78. The van der Waals surface area contributed by atoms with Crippen molar-refractivity contribution in [3.63, 3.8) is 0 Å². The second-order valence-corrected chi connectivity index (χ2v) is 8.72. The van der Waals surface area contributed by atoms with E-state index in [4.69, 9.17) is 0 Å². The van der Waals surface area contributed by atoms with E-state index in [-0.39, 0.29) is 9.79 Å². The molecular weight excluding hydrogens is 364 g/mol. The second kappa shape index (κ2) is 6.90. The fourth-order valence-electron chi connectivity index (χ4n) is 3.34. The first kappa shape index (κ1) is 17.9. The average molecular weight is 384 g/mol. The molecule has 1 saturated heterocycles. The molecule has 7 heteroatoms. The third-order valence-electron chi connectivity index (χ3n) is 4.93. The molecule has 5 nitrogen and oxygen atoms in total. The summed E-state index contributed by atoms with van der Waals surface area (Å²) in [5.41, 5.74) is 1.79. The van der Waals surface area contributed by atoms with Gasteiger partial charge in [0.15, 0.2) is 0 Å². The molecule has 3 aromatic rings. The van der Waals surface area contributed by atoms with Gasteiger partial charge in [0.2, 0.25) is 9.84 Å². The zero-order valence-electron chi connectivity index (χ0n) is 15.0. The standard InChI is InChI=1S/C20H20FN3O2S/c1-23-8-10-24(11-9-23)19-7-2-4-15-12-18(14-22-20(15)19)27(25,26)17-6-3-5-16(21)13-17/h2-7,12-14H,8-11H2,1H3/i1-1. The van der Waals surface area contributed by atoms with Crippen molar-refractivity contribution in [2.75, 3.05) is 38.1 Å². The van der Waals surface area contributed by atoms with Crippen LogP contribution >= 0.6 is 0 Å². The van der Waals surface area contributed by atoms with E-state index >= 15 is 0 Å². The minimum absolute atomic E-state index is 0.0659. The molecule has 0 amide bonds. The van der Waals surface area contributed by atoms with Crippen LogP contribution in [0.25, 0.3) is 10.9 Å². The minimum Gasteiger partial charge on any atom is -0.367 e. The Kier molecular flexibility index (Phi) is 4.57. The SMILES string of the molecule is [11CH3]N1CCN(c2cccc3cc(S(=O)(=O)c4cccc(F)c4)cnc23)CC1. The fourth-order valence-corrected chi connectivity index (χ4v) is 4.62. The highest BCUT2D eigenvalue weighted by Gasteiger charge is 2.21. The maximum atomic E-state index is 13.5. The number of hydrogen-bond acceptors (Lipinski definition) is 5. The van der Waals surface area contributed by atoms with Crippen LogP contribution in [0.2, 0.25) is 0 Å². The molecule has 140 valence electrons. The molecule has 0 unspecified atom stereocenters. The van der Waals surface area contributed by atoms with Gasteiger partial charge in [0.05, 0.1) is 21.0 Å². The van der Waals surface area contributed by atoms with Crippen LogP contribution in [0.4, 0.5) is 10.1 Å². The predicted octanol–water partition coefficient (Wildman–Crippen LogP) is 2.96. The molecule has 1 aliphatic heterocycles. The number of sulfone groups is 1. The van der Waals surface area contributed by atoms with E-state index in [0.717, 1.165) is 48.8 Å². The summed E-state index contributed by atoms with van der Waals surface area (Å²) in [6.07, 6.45) is 1.36. The first-order valence-corrected chi connectivity index (χ1v) is 10.3. The zero-order chi connectivity index (χ0) is 19.0. The Morgan fingerprint density at radius 1 is 0.963 bits per heavy atom. The minimum atomic E-state index is -3.82. The summed E-state index contributed by atoms with van der Waals surface area (Å²) in [7, 11) is -1.72. The van der Waals surface area contributed by atoms with E-state index in [2.05, 4.69) is 21.8 Å². The molecule has 2 aromatic carbocycles. The van der Waals surface area contributed by atoms with Gasteiger partial charge in [-0.3, -0.25) is 4.98 Å². The summed E-state index contributed by atoms with van der Waals surface area (Å²) in [5.74, 6) is -0.581. The van der Waals surface area contributed by atoms with Gasteiger partial charge in [0.25, 0.3) is 0 Å². The van der Waals surface area contributed by atoms with Crippen molar-refractivity contribution < 1.29 is 12.8 Å². The van der Waals surface area contributed by atoms with E-state index in [1.165, 1.54) is 24.4 Å². The van der Waals surface area contributed by atoms with Crippen molar-refractivity contribution in [1.82, 2.24) is 9.88 Å². The smallest absolute Gasteiger partial charge is 0.208 e. The van der Waals surface area contributed by atoms with Gasteiger partial charge in [-0.2, -0.15) is 0 Å². The van der Waals surface area contributed by atoms with Crippen molar-refractivity contribution in [2.24, 2.45) is 0 Å². The quantitative estimate of drug-likeness (QED) is 0.695. The summed E-state index contributed by atoms with van der Waals surface area (Å²) in [5, 5.41) is 0.754. The number of halogens is 1. The monoisotopic (exact) mass is 384 g/mol. The highest BCUT2D eigenvalue weighted by Crippen LogP contribution is 2.29. The lowest BCUT2D eigenvalue weighted by Gasteiger charge is -2.34. The van der Waals surface area contributed by atoms with Gasteiger partial charge in [0, 0.05) is 37.8 Å². The summed E-state index contributed by atoms with van der Waals surface area (Å²) < 4.78 is 39.1. The molecule has 0 radical (unpaired) electrons. The van der Waals surface area contributed by atoms with Crippen LogP contribution in [0.5, 0.6) is 0 Å². The number of pyridine rings is 1. The third-order valence-corrected chi connectivity index (χ3v) is 6.64. The molecule has 0 atom stereocenters. The Balaban J connectivity index is 1.75. The number of likely N-dealkylation sites (N-methyl/N-ethyl adjacent to an activating group) is 1. The van der Waals surface area contributed by atoms with Crippen molar-refractivity contribution in [3.8, 4) is 0 Å². The van der Waals surface area contributed by atoms with E-state index < -0.39 is 15.7 Å². The Morgan fingerprint density at radius 3 is 2.44 bits per heavy atom. The van der Waals surface area contributed by atoms with E-state index in [1.807, 2.05) is 18.2 Å². The Morgan fingerprint density at radius 2 is 1.70 bits per heavy atom. The van der Waals surface area contributed by atoms with Crippen LogP contribution in [0.15, 0.2) is 64.5 Å². The van der Waals surface area contributed by atoms with Gasteiger partial charge in [-0.25, -0.2) is 12.8 Å². The van der Waals surface area contributed by atoms with Crippen LogP contribution in [0, 0.1) is 5.82 Å². The molecular formula is C20H20FN3O2S. The van der Waals surface area contributed by atoms with Crippen LogP contribution in [-0.2, 0) is 9.84 Å². The molecule has 2 heterocycles. The highest BCUT2D eigenvalue weighted by molar-refractivity contribution is 7.91. The topological polar surface area (TPSA) is 53.5 Å². The molecule has 27 heavy (non-hydrogen) atoms. The Hall–Kier alpha value is -2.51. The van der Waals surface area contributed by atoms with Crippen LogP contribution in [-0.4, -0.2) is 51.5 Å². The van der Waals surface area contributed by atoms with Crippen molar-refractivity contribution in [3.05, 3.63) is 60.5 Å². The summed E-state index contributed by atoms with van der Waals surface area (Å²) in [4.78, 5) is 9.01. The van der Waals surface area contributed by atoms with Crippen LogP contribution in [0.3, 0.4) is 0 Å². The van der Waals surface area contributed by atoms with E-state index in [9.17, 15) is 12.8 Å². The number of anilines is 1. The maximum absolute atomic E-state index is 13.5. The van der Waals surface area contributed by atoms with Crippen LogP contribution < -0.4 is 4.90 Å². The maximum Gasteiger partial charge on any atom is 0.208 e. The number of benzene rings is 2. The summed E-state index contributed by atoms with van der Waals surface area (Å²) >= 11 is 0. The molecule has 1 aromatic heterocycles. The molecule has 0 spiro atoms. The van der Waals surface area contributed by atoms with Gasteiger partial charge in [-0.05, 0) is 37.4 Å². The lowest BCUT2D eigenvalue weighted by Crippen LogP contribution is -2.44. The number of fused-ring (bicyclic) bond motifs is 1. The number of rotatable bonds is 3. The van der Waals surface area contributed by atoms with Crippen molar-refractivity contribution in [1.29, 1.82) is 0 Å². The summed E-state index contributed by atoms with van der Waals surface area (Å²) in [6.45, 7) is 3.76. The number of para-hydroxylation sites is 1. The molecule has 4 rings (SSSR count). The molecule has 1 aliphatic rings. The fraction of sp³-hybridized carbons (Fsp3) is 0.250. The largest absolute Gasteiger partial charge is 0.367 e. The van der Waals surface area contributed by atoms with Gasteiger partial charge < -0.3 is 9.80 Å². The van der Waals surface area contributed by atoms with Crippen LogP contribution in [0.1, 0.15) is 0 Å².